The lowest BCUT2D eigenvalue weighted by molar-refractivity contribution is -0.125. The van der Waals surface area contributed by atoms with Crippen LogP contribution in [0.3, 0.4) is 0 Å². The quantitative estimate of drug-likeness (QED) is 0.674. The minimum absolute atomic E-state index is 0.0357. The summed E-state index contributed by atoms with van der Waals surface area (Å²) in [7, 11) is 0. The van der Waals surface area contributed by atoms with Gasteiger partial charge in [-0.1, -0.05) is 25.5 Å². The maximum atomic E-state index is 11.6. The zero-order chi connectivity index (χ0) is 15.5. The van der Waals surface area contributed by atoms with Crippen LogP contribution in [-0.2, 0) is 9.53 Å². The number of hydrogen-bond acceptors (Lipinski definition) is 3. The van der Waals surface area contributed by atoms with Gasteiger partial charge in [0.2, 0.25) is 5.91 Å². The van der Waals surface area contributed by atoms with Crippen LogP contribution in [0.1, 0.15) is 32.3 Å². The van der Waals surface area contributed by atoms with E-state index in [0.717, 1.165) is 25.9 Å². The van der Waals surface area contributed by atoms with Crippen LogP contribution in [0.5, 0.6) is 0 Å². The Hall–Kier alpha value is -1.55. The third kappa shape index (κ3) is 7.14. The SMILES string of the molecule is CCCCOCC(=O)NCCN(CC)c1cccc(C)c1. The first kappa shape index (κ1) is 17.5. The third-order valence-electron chi connectivity index (χ3n) is 3.33. The summed E-state index contributed by atoms with van der Waals surface area (Å²) in [5.74, 6) is -0.0357. The second-order valence-corrected chi connectivity index (χ2v) is 5.17. The standard InChI is InChI=1S/C17H28N2O2/c1-4-6-12-21-14-17(20)18-10-11-19(5-2)16-9-7-8-15(3)13-16/h7-9,13H,4-6,10-12,14H2,1-3H3,(H,18,20). The van der Waals surface area contributed by atoms with Crippen LogP contribution < -0.4 is 10.2 Å². The molecule has 21 heavy (non-hydrogen) atoms. The van der Waals surface area contributed by atoms with Crippen LogP contribution in [0.25, 0.3) is 0 Å². The predicted octanol–water partition coefficient (Wildman–Crippen LogP) is 2.75. The van der Waals surface area contributed by atoms with Gasteiger partial charge in [0, 0.05) is 31.9 Å². The molecule has 0 bridgehead atoms. The average Bonchev–Trinajstić information content (AvgIpc) is 2.48. The first-order valence-corrected chi connectivity index (χ1v) is 7.83. The first-order chi connectivity index (χ1) is 10.2. The summed E-state index contributed by atoms with van der Waals surface area (Å²) in [6.07, 6.45) is 2.09. The molecule has 0 saturated carbocycles. The number of nitrogens with one attached hydrogen (secondary N) is 1. The fourth-order valence-electron chi connectivity index (χ4n) is 2.09. The van der Waals surface area contributed by atoms with E-state index in [-0.39, 0.29) is 12.5 Å². The maximum Gasteiger partial charge on any atom is 0.246 e. The van der Waals surface area contributed by atoms with Crippen molar-refractivity contribution in [1.29, 1.82) is 0 Å². The summed E-state index contributed by atoms with van der Waals surface area (Å²) in [6.45, 7) is 9.51. The van der Waals surface area contributed by atoms with Crippen molar-refractivity contribution in [2.45, 2.75) is 33.6 Å². The number of anilines is 1. The monoisotopic (exact) mass is 292 g/mol. The number of aryl methyl sites for hydroxylation is 1. The van der Waals surface area contributed by atoms with E-state index in [0.29, 0.717) is 13.2 Å². The summed E-state index contributed by atoms with van der Waals surface area (Å²) in [4.78, 5) is 13.9. The van der Waals surface area contributed by atoms with Gasteiger partial charge in [-0.3, -0.25) is 4.79 Å². The molecule has 0 aliphatic heterocycles. The second-order valence-electron chi connectivity index (χ2n) is 5.17. The van der Waals surface area contributed by atoms with E-state index in [9.17, 15) is 4.79 Å². The number of hydrogen-bond donors (Lipinski definition) is 1. The van der Waals surface area contributed by atoms with Gasteiger partial charge in [-0.25, -0.2) is 0 Å². The summed E-state index contributed by atoms with van der Waals surface area (Å²) >= 11 is 0. The van der Waals surface area contributed by atoms with Crippen LogP contribution in [0.4, 0.5) is 5.69 Å². The Bertz CT molecular complexity index is 421. The lowest BCUT2D eigenvalue weighted by Crippen LogP contribution is -2.36. The Balaban J connectivity index is 2.27. The Morgan fingerprint density at radius 3 is 2.81 bits per heavy atom. The van der Waals surface area contributed by atoms with Crippen LogP contribution in [0, 0.1) is 6.92 Å². The minimum Gasteiger partial charge on any atom is -0.372 e. The number of ether oxygens (including phenoxy) is 1. The van der Waals surface area contributed by atoms with Crippen LogP contribution in [0.2, 0.25) is 0 Å². The van der Waals surface area contributed by atoms with Gasteiger partial charge >= 0.3 is 0 Å². The largest absolute Gasteiger partial charge is 0.372 e. The van der Waals surface area contributed by atoms with E-state index in [1.807, 2.05) is 0 Å². The molecule has 0 saturated heterocycles. The molecule has 1 amide bonds. The predicted molar refractivity (Wildman–Crippen MR) is 87.8 cm³/mol. The van der Waals surface area contributed by atoms with Crippen molar-refractivity contribution in [1.82, 2.24) is 5.32 Å². The van der Waals surface area contributed by atoms with Crippen LogP contribution in [0.15, 0.2) is 24.3 Å². The maximum absolute atomic E-state index is 11.6. The van der Waals surface area contributed by atoms with Gasteiger partial charge in [0.25, 0.3) is 0 Å². The second kappa shape index (κ2) is 10.2. The van der Waals surface area contributed by atoms with Gasteiger partial charge in [-0.2, -0.15) is 0 Å². The fourth-order valence-corrected chi connectivity index (χ4v) is 2.09. The van der Waals surface area contributed by atoms with Crippen molar-refractivity contribution in [2.24, 2.45) is 0 Å². The number of likely N-dealkylation sites (N-methyl/N-ethyl adjacent to an activating group) is 1. The average molecular weight is 292 g/mol. The Labute approximate surface area is 128 Å². The van der Waals surface area contributed by atoms with Crippen LogP contribution in [-0.4, -0.2) is 38.8 Å². The van der Waals surface area contributed by atoms with E-state index in [4.69, 9.17) is 4.74 Å². The molecule has 0 fully saturated rings. The zero-order valence-corrected chi connectivity index (χ0v) is 13.5. The summed E-state index contributed by atoms with van der Waals surface area (Å²) in [5, 5.41) is 2.90. The van der Waals surface area contributed by atoms with Gasteiger partial charge in [-0.15, -0.1) is 0 Å². The topological polar surface area (TPSA) is 41.6 Å². The van der Waals surface area contributed by atoms with Crippen molar-refractivity contribution in [3.63, 3.8) is 0 Å². The summed E-state index contributed by atoms with van der Waals surface area (Å²) in [5.41, 5.74) is 2.45. The number of nitrogens with zero attached hydrogens (tertiary/aromatic N) is 1. The van der Waals surface area contributed by atoms with Gasteiger partial charge in [0.15, 0.2) is 0 Å². The van der Waals surface area contributed by atoms with Crippen LogP contribution >= 0.6 is 0 Å². The van der Waals surface area contributed by atoms with Crippen molar-refractivity contribution < 1.29 is 9.53 Å². The van der Waals surface area contributed by atoms with Gasteiger partial charge in [-0.05, 0) is 38.0 Å². The van der Waals surface area contributed by atoms with Crippen molar-refractivity contribution in [2.75, 3.05) is 37.7 Å². The molecule has 0 heterocycles. The smallest absolute Gasteiger partial charge is 0.246 e. The number of benzene rings is 1. The highest BCUT2D eigenvalue weighted by Gasteiger charge is 2.05. The highest BCUT2D eigenvalue weighted by molar-refractivity contribution is 5.77. The molecule has 1 aromatic carbocycles. The van der Waals surface area contributed by atoms with E-state index in [1.165, 1.54) is 11.3 Å². The first-order valence-electron chi connectivity index (χ1n) is 7.83. The Morgan fingerprint density at radius 2 is 2.14 bits per heavy atom. The lowest BCUT2D eigenvalue weighted by Gasteiger charge is -2.23. The zero-order valence-electron chi connectivity index (χ0n) is 13.5. The van der Waals surface area contributed by atoms with Gasteiger partial charge in [0.1, 0.15) is 6.61 Å². The number of unbranched alkanes of at least 4 members (excludes halogenated alkanes) is 1. The molecule has 0 radical (unpaired) electrons. The molecule has 4 nitrogen and oxygen atoms in total. The number of carbonyl (C=O) groups excluding carboxylic acids is 1. The Kier molecular flexibility index (Phi) is 8.51. The number of rotatable bonds is 10. The molecule has 1 N–H and O–H groups in total. The molecule has 0 aromatic heterocycles. The summed E-state index contributed by atoms with van der Waals surface area (Å²) in [6, 6.07) is 8.42. The molecular weight excluding hydrogens is 264 g/mol. The van der Waals surface area contributed by atoms with Crippen molar-refractivity contribution in [3.8, 4) is 0 Å². The molecule has 0 aliphatic rings. The fraction of sp³-hybridized carbons (Fsp3) is 0.588. The molecular formula is C17H28N2O2. The number of carbonyl (C=O) groups is 1. The molecule has 4 heteroatoms. The van der Waals surface area contributed by atoms with E-state index >= 15 is 0 Å². The highest BCUT2D eigenvalue weighted by Crippen LogP contribution is 2.14. The van der Waals surface area contributed by atoms with Gasteiger partial charge < -0.3 is 15.0 Å². The molecule has 0 spiro atoms. The molecule has 118 valence electrons. The minimum atomic E-state index is -0.0357. The normalized spacial score (nSPS) is 10.4. The lowest BCUT2D eigenvalue weighted by atomic mass is 10.2. The number of amides is 1. The molecule has 0 atom stereocenters. The van der Waals surface area contributed by atoms with Crippen molar-refractivity contribution >= 4 is 11.6 Å². The third-order valence-corrected chi connectivity index (χ3v) is 3.33. The van der Waals surface area contributed by atoms with Crippen molar-refractivity contribution in [3.05, 3.63) is 29.8 Å². The van der Waals surface area contributed by atoms with E-state index < -0.39 is 0 Å². The molecule has 0 aliphatic carbocycles. The van der Waals surface area contributed by atoms with Gasteiger partial charge in [0.05, 0.1) is 0 Å². The molecule has 1 aromatic rings. The highest BCUT2D eigenvalue weighted by atomic mass is 16.5. The Morgan fingerprint density at radius 1 is 1.33 bits per heavy atom. The molecule has 0 unspecified atom stereocenters. The van der Waals surface area contributed by atoms with E-state index in [2.05, 4.69) is 55.3 Å². The van der Waals surface area contributed by atoms with E-state index in [1.54, 1.807) is 0 Å². The molecule has 1 rings (SSSR count). The summed E-state index contributed by atoms with van der Waals surface area (Å²) < 4.78 is 5.29.